The number of rotatable bonds is 8. The summed E-state index contributed by atoms with van der Waals surface area (Å²) in [5, 5.41) is 6.18. The molecule has 148 valence electrons. The summed E-state index contributed by atoms with van der Waals surface area (Å²) in [6, 6.07) is 26.9. The van der Waals surface area contributed by atoms with Gasteiger partial charge in [-0.25, -0.2) is 0 Å². The first kappa shape index (κ1) is 20.1. The maximum Gasteiger partial charge on any atom is 0.226 e. The maximum absolute atomic E-state index is 12.3. The van der Waals surface area contributed by atoms with E-state index in [1.807, 2.05) is 84.9 Å². The van der Waals surface area contributed by atoms with E-state index in [0.717, 1.165) is 22.7 Å². The minimum atomic E-state index is -0.0936. The van der Waals surface area contributed by atoms with E-state index in [0.29, 0.717) is 19.3 Å². The summed E-state index contributed by atoms with van der Waals surface area (Å²) in [7, 11) is 1.75. The smallest absolute Gasteiger partial charge is 0.226 e. The fraction of sp³-hybridized carbons (Fsp3) is 0.167. The van der Waals surface area contributed by atoms with Crippen LogP contribution in [0.1, 0.15) is 19.3 Å². The number of amides is 2. The molecular formula is C24H25N3O2. The van der Waals surface area contributed by atoms with E-state index in [2.05, 4.69) is 10.6 Å². The first-order valence-electron chi connectivity index (χ1n) is 9.65. The lowest BCUT2D eigenvalue weighted by Crippen LogP contribution is -2.26. The van der Waals surface area contributed by atoms with Crippen molar-refractivity contribution in [1.29, 1.82) is 0 Å². The van der Waals surface area contributed by atoms with Gasteiger partial charge in [-0.1, -0.05) is 36.4 Å². The topological polar surface area (TPSA) is 61.4 Å². The average molecular weight is 387 g/mol. The van der Waals surface area contributed by atoms with Gasteiger partial charge < -0.3 is 15.5 Å². The van der Waals surface area contributed by atoms with Gasteiger partial charge >= 0.3 is 0 Å². The van der Waals surface area contributed by atoms with Crippen LogP contribution < -0.4 is 15.5 Å². The second-order valence-electron chi connectivity index (χ2n) is 6.76. The van der Waals surface area contributed by atoms with E-state index in [4.69, 9.17) is 0 Å². The van der Waals surface area contributed by atoms with Crippen molar-refractivity contribution in [1.82, 2.24) is 0 Å². The van der Waals surface area contributed by atoms with Gasteiger partial charge in [-0.15, -0.1) is 0 Å². The van der Waals surface area contributed by atoms with E-state index in [9.17, 15) is 9.59 Å². The number of hydrogen-bond donors (Lipinski definition) is 2. The van der Waals surface area contributed by atoms with Gasteiger partial charge in [0.05, 0.1) is 0 Å². The molecule has 0 spiro atoms. The van der Waals surface area contributed by atoms with Crippen LogP contribution in [0.2, 0.25) is 0 Å². The zero-order valence-electron chi connectivity index (χ0n) is 16.5. The van der Waals surface area contributed by atoms with Gasteiger partial charge in [0.25, 0.3) is 0 Å². The summed E-state index contributed by atoms with van der Waals surface area (Å²) >= 11 is 0. The Morgan fingerprint density at radius 3 is 1.93 bits per heavy atom. The number of hydrogen-bond acceptors (Lipinski definition) is 3. The Kier molecular flexibility index (Phi) is 7.00. The molecule has 3 rings (SSSR count). The molecule has 2 amide bonds. The standard InChI is InChI=1S/C24H25N3O2/c1-27(22-11-6-3-7-12-22)24(29)14-8-13-23(28)26-21-17-15-20(16-18-21)25-19-9-4-2-5-10-19/h2-7,9-12,15-18,25H,8,13-14H2,1H3,(H,26,28). The molecule has 0 saturated heterocycles. The van der Waals surface area contributed by atoms with E-state index in [1.165, 1.54) is 0 Å². The molecule has 5 heteroatoms. The molecule has 0 atom stereocenters. The van der Waals surface area contributed by atoms with Gasteiger partial charge in [0.1, 0.15) is 0 Å². The van der Waals surface area contributed by atoms with E-state index in [1.54, 1.807) is 11.9 Å². The Balaban J connectivity index is 1.42. The number of benzene rings is 3. The van der Waals surface area contributed by atoms with Crippen LogP contribution in [0.15, 0.2) is 84.9 Å². The fourth-order valence-electron chi connectivity index (χ4n) is 2.91. The molecule has 0 aromatic heterocycles. The van der Waals surface area contributed by atoms with Gasteiger partial charge in [0.2, 0.25) is 11.8 Å². The molecule has 3 aromatic carbocycles. The van der Waals surface area contributed by atoms with Crippen LogP contribution in [0.5, 0.6) is 0 Å². The zero-order valence-corrected chi connectivity index (χ0v) is 16.5. The average Bonchev–Trinajstić information content (AvgIpc) is 2.76. The summed E-state index contributed by atoms with van der Waals surface area (Å²) < 4.78 is 0. The molecule has 0 saturated carbocycles. The molecule has 29 heavy (non-hydrogen) atoms. The molecule has 2 N–H and O–H groups in total. The molecule has 0 heterocycles. The van der Waals surface area contributed by atoms with E-state index >= 15 is 0 Å². The third kappa shape index (κ3) is 6.21. The number of nitrogens with zero attached hydrogens (tertiary/aromatic N) is 1. The molecule has 0 fully saturated rings. The van der Waals surface area contributed by atoms with Crippen molar-refractivity contribution < 1.29 is 9.59 Å². The van der Waals surface area contributed by atoms with Gasteiger partial charge in [0.15, 0.2) is 0 Å². The van der Waals surface area contributed by atoms with Crippen molar-refractivity contribution in [2.75, 3.05) is 22.6 Å². The van der Waals surface area contributed by atoms with Crippen molar-refractivity contribution in [3.05, 3.63) is 84.9 Å². The Morgan fingerprint density at radius 1 is 0.724 bits per heavy atom. The van der Waals surface area contributed by atoms with Crippen LogP contribution in [0.25, 0.3) is 0 Å². The summed E-state index contributed by atoms with van der Waals surface area (Å²) in [6.07, 6.45) is 1.15. The highest BCUT2D eigenvalue weighted by molar-refractivity contribution is 5.94. The summed E-state index contributed by atoms with van der Waals surface area (Å²) in [5.74, 6) is -0.0933. The number of carbonyl (C=O) groups is 2. The highest BCUT2D eigenvalue weighted by Gasteiger charge is 2.11. The predicted molar refractivity (Wildman–Crippen MR) is 118 cm³/mol. The Bertz CT molecular complexity index is 925. The highest BCUT2D eigenvalue weighted by atomic mass is 16.2. The van der Waals surface area contributed by atoms with Crippen LogP contribution in [0.3, 0.4) is 0 Å². The molecule has 5 nitrogen and oxygen atoms in total. The molecule has 0 radical (unpaired) electrons. The Hall–Kier alpha value is -3.60. The van der Waals surface area contributed by atoms with Gasteiger partial charge in [-0.05, 0) is 55.0 Å². The van der Waals surface area contributed by atoms with Crippen LogP contribution in [0.4, 0.5) is 22.7 Å². The van der Waals surface area contributed by atoms with Gasteiger partial charge in [-0.3, -0.25) is 9.59 Å². The maximum atomic E-state index is 12.3. The molecule has 0 bridgehead atoms. The first-order chi connectivity index (χ1) is 14.1. The van der Waals surface area contributed by atoms with Crippen molar-refractivity contribution in [3.8, 4) is 0 Å². The summed E-state index contributed by atoms with van der Waals surface area (Å²) in [4.78, 5) is 26.0. The van der Waals surface area contributed by atoms with Crippen molar-refractivity contribution >= 4 is 34.6 Å². The monoisotopic (exact) mass is 387 g/mol. The van der Waals surface area contributed by atoms with Crippen LogP contribution >= 0.6 is 0 Å². The normalized spacial score (nSPS) is 10.2. The SMILES string of the molecule is CN(C(=O)CCCC(=O)Nc1ccc(Nc2ccccc2)cc1)c1ccccc1. The third-order valence-electron chi connectivity index (χ3n) is 4.54. The second kappa shape index (κ2) is 10.1. The number of para-hydroxylation sites is 2. The number of nitrogens with one attached hydrogen (secondary N) is 2. The summed E-state index contributed by atoms with van der Waals surface area (Å²) in [6.45, 7) is 0. The van der Waals surface area contributed by atoms with Crippen molar-refractivity contribution in [2.24, 2.45) is 0 Å². The Morgan fingerprint density at radius 2 is 1.28 bits per heavy atom. The number of anilines is 4. The molecule has 0 aliphatic carbocycles. The van der Waals surface area contributed by atoms with Gasteiger partial charge in [0, 0.05) is 42.6 Å². The molecule has 0 aliphatic heterocycles. The molecular weight excluding hydrogens is 362 g/mol. The quantitative estimate of drug-likeness (QED) is 0.558. The summed E-state index contributed by atoms with van der Waals surface area (Å²) in [5.41, 5.74) is 3.55. The lowest BCUT2D eigenvalue weighted by molar-refractivity contribution is -0.118. The molecule has 0 aliphatic rings. The largest absolute Gasteiger partial charge is 0.356 e. The van der Waals surface area contributed by atoms with Gasteiger partial charge in [-0.2, -0.15) is 0 Å². The lowest BCUT2D eigenvalue weighted by Gasteiger charge is -2.17. The number of carbonyl (C=O) groups excluding carboxylic acids is 2. The zero-order chi connectivity index (χ0) is 20.5. The minimum absolute atomic E-state index is 0.000314. The van der Waals surface area contributed by atoms with Crippen molar-refractivity contribution in [3.63, 3.8) is 0 Å². The fourth-order valence-corrected chi connectivity index (χ4v) is 2.91. The first-order valence-corrected chi connectivity index (χ1v) is 9.65. The third-order valence-corrected chi connectivity index (χ3v) is 4.54. The van der Waals surface area contributed by atoms with E-state index in [-0.39, 0.29) is 11.8 Å². The minimum Gasteiger partial charge on any atom is -0.356 e. The van der Waals surface area contributed by atoms with E-state index < -0.39 is 0 Å². The lowest BCUT2D eigenvalue weighted by atomic mass is 10.2. The second-order valence-corrected chi connectivity index (χ2v) is 6.76. The predicted octanol–water partition coefficient (Wildman–Crippen LogP) is 5.20. The van der Waals surface area contributed by atoms with Crippen LogP contribution in [0, 0.1) is 0 Å². The molecule has 0 unspecified atom stereocenters. The van der Waals surface area contributed by atoms with Crippen LogP contribution in [-0.4, -0.2) is 18.9 Å². The van der Waals surface area contributed by atoms with Crippen molar-refractivity contribution in [2.45, 2.75) is 19.3 Å². The van der Waals surface area contributed by atoms with Crippen LogP contribution in [-0.2, 0) is 9.59 Å². The Labute approximate surface area is 171 Å². The molecule has 3 aromatic rings. The highest BCUT2D eigenvalue weighted by Crippen LogP contribution is 2.19.